The molecule has 2 atom stereocenters. The molecule has 34 heavy (non-hydrogen) atoms. The Hall–Kier alpha value is -3.69. The molecule has 0 radical (unpaired) electrons. The highest BCUT2D eigenvalue weighted by Crippen LogP contribution is 2.26. The van der Waals surface area contributed by atoms with E-state index in [0.717, 1.165) is 0 Å². The van der Waals surface area contributed by atoms with Crippen molar-refractivity contribution in [1.29, 1.82) is 0 Å². The minimum absolute atomic E-state index is 0.0574. The number of carbonyl (C=O) groups excluding carboxylic acids is 3. The Morgan fingerprint density at radius 1 is 0.794 bits per heavy atom. The van der Waals surface area contributed by atoms with Gasteiger partial charge in [0.1, 0.15) is 0 Å². The molecular formula is C24H17BrClNO7. The van der Waals surface area contributed by atoms with Gasteiger partial charge in [-0.25, -0.2) is 14.4 Å². The predicted molar refractivity (Wildman–Crippen MR) is 127 cm³/mol. The van der Waals surface area contributed by atoms with Crippen molar-refractivity contribution in [2.24, 2.45) is 0 Å². The van der Waals surface area contributed by atoms with Crippen LogP contribution in [-0.2, 0) is 19.1 Å². The molecule has 0 aliphatic heterocycles. The first-order valence-corrected chi connectivity index (χ1v) is 10.9. The van der Waals surface area contributed by atoms with E-state index in [1.165, 1.54) is 36.4 Å². The van der Waals surface area contributed by atoms with Crippen LogP contribution in [-0.4, -0.2) is 41.1 Å². The molecule has 0 saturated heterocycles. The summed E-state index contributed by atoms with van der Waals surface area (Å²) in [4.78, 5) is 50.2. The van der Waals surface area contributed by atoms with E-state index in [2.05, 4.69) is 21.2 Å². The van der Waals surface area contributed by atoms with Crippen LogP contribution in [0.1, 0.15) is 20.7 Å². The van der Waals surface area contributed by atoms with E-state index in [1.807, 2.05) is 0 Å². The van der Waals surface area contributed by atoms with Crippen LogP contribution in [0.3, 0.4) is 0 Å². The predicted octanol–water partition coefficient (Wildman–Crippen LogP) is 4.58. The van der Waals surface area contributed by atoms with E-state index in [9.17, 15) is 24.3 Å². The van der Waals surface area contributed by atoms with Crippen LogP contribution in [0.5, 0.6) is 0 Å². The van der Waals surface area contributed by atoms with Crippen LogP contribution < -0.4 is 5.32 Å². The number of carbonyl (C=O) groups is 4. The molecule has 0 aliphatic carbocycles. The Kier molecular flexibility index (Phi) is 8.39. The molecule has 0 spiro atoms. The largest absolute Gasteiger partial charge is 0.478 e. The summed E-state index contributed by atoms with van der Waals surface area (Å²) in [5.41, 5.74) is 0.338. The summed E-state index contributed by atoms with van der Waals surface area (Å²) >= 11 is 9.27. The van der Waals surface area contributed by atoms with Gasteiger partial charge in [-0.15, -0.1) is 0 Å². The van der Waals surface area contributed by atoms with Crippen LogP contribution in [0.25, 0.3) is 0 Å². The number of aliphatic carboxylic acids is 1. The number of anilines is 1. The standard InChI is InChI=1S/C24H17BrClNO7/c25-17-12-11-16(13-18(17)26)27-21(28)19(33-23(31)14-7-3-1-4-8-14)20(22(29)30)34-24(32)15-9-5-2-6-10-15/h1-13,19-20H,(H,27,28)(H,29,30)/t19-,20+/m0/s1. The first-order chi connectivity index (χ1) is 16.3. The van der Waals surface area contributed by atoms with Crippen LogP contribution >= 0.6 is 27.5 Å². The summed E-state index contributed by atoms with van der Waals surface area (Å²) in [5.74, 6) is -4.69. The molecule has 3 aromatic rings. The van der Waals surface area contributed by atoms with Gasteiger partial charge in [-0.3, -0.25) is 4.79 Å². The number of carboxylic acid groups (broad SMARTS) is 1. The zero-order chi connectivity index (χ0) is 24.7. The molecular weight excluding hydrogens is 530 g/mol. The summed E-state index contributed by atoms with van der Waals surface area (Å²) < 4.78 is 10.9. The highest BCUT2D eigenvalue weighted by Gasteiger charge is 2.41. The molecule has 0 saturated carbocycles. The van der Waals surface area contributed by atoms with Gasteiger partial charge in [0.05, 0.1) is 16.1 Å². The second-order valence-electron chi connectivity index (χ2n) is 6.84. The number of hydrogen-bond donors (Lipinski definition) is 2. The minimum Gasteiger partial charge on any atom is -0.478 e. The third kappa shape index (κ3) is 6.43. The second-order valence-corrected chi connectivity index (χ2v) is 8.10. The van der Waals surface area contributed by atoms with E-state index < -0.39 is 36.0 Å². The second kappa shape index (κ2) is 11.4. The third-order valence-electron chi connectivity index (χ3n) is 4.45. The van der Waals surface area contributed by atoms with Gasteiger partial charge in [0.25, 0.3) is 5.91 Å². The van der Waals surface area contributed by atoms with Crippen molar-refractivity contribution in [2.45, 2.75) is 12.2 Å². The molecule has 3 aromatic carbocycles. The number of amides is 1. The minimum atomic E-state index is -2.13. The molecule has 0 heterocycles. The molecule has 2 N–H and O–H groups in total. The smallest absolute Gasteiger partial charge is 0.349 e. The van der Waals surface area contributed by atoms with E-state index in [1.54, 1.807) is 42.5 Å². The first kappa shape index (κ1) is 24.9. The average Bonchev–Trinajstić information content (AvgIpc) is 2.84. The van der Waals surface area contributed by atoms with Gasteiger partial charge in [0.15, 0.2) is 0 Å². The highest BCUT2D eigenvalue weighted by molar-refractivity contribution is 9.10. The molecule has 0 aliphatic rings. The molecule has 0 bridgehead atoms. The lowest BCUT2D eigenvalue weighted by Gasteiger charge is -2.23. The molecule has 174 valence electrons. The fourth-order valence-corrected chi connectivity index (χ4v) is 3.22. The number of rotatable bonds is 8. The molecule has 8 nitrogen and oxygen atoms in total. The lowest BCUT2D eigenvalue weighted by Crippen LogP contribution is -2.48. The van der Waals surface area contributed by atoms with E-state index in [4.69, 9.17) is 21.1 Å². The molecule has 0 aromatic heterocycles. The van der Waals surface area contributed by atoms with Crippen LogP contribution in [0.2, 0.25) is 5.02 Å². The Morgan fingerprint density at radius 3 is 1.76 bits per heavy atom. The number of halogens is 2. The topological polar surface area (TPSA) is 119 Å². The van der Waals surface area contributed by atoms with Gasteiger partial charge in [0.2, 0.25) is 12.2 Å². The number of nitrogens with one attached hydrogen (secondary N) is 1. The SMILES string of the molecule is O=C(O[C@H](C(=O)Nc1ccc(Br)c(Cl)c1)[C@@H](OC(=O)c1ccccc1)C(=O)O)c1ccccc1. The summed E-state index contributed by atoms with van der Waals surface area (Å²) in [6, 6.07) is 19.7. The fraction of sp³-hybridized carbons (Fsp3) is 0.0833. The quantitative estimate of drug-likeness (QED) is 0.397. The summed E-state index contributed by atoms with van der Waals surface area (Å²) in [5, 5.41) is 12.5. The van der Waals surface area contributed by atoms with Gasteiger partial charge in [-0.05, 0) is 58.4 Å². The van der Waals surface area contributed by atoms with Crippen molar-refractivity contribution >= 4 is 57.0 Å². The monoisotopic (exact) mass is 545 g/mol. The highest BCUT2D eigenvalue weighted by atomic mass is 79.9. The van der Waals surface area contributed by atoms with Crippen molar-refractivity contribution < 1.29 is 33.8 Å². The zero-order valence-electron chi connectivity index (χ0n) is 17.3. The number of hydrogen-bond acceptors (Lipinski definition) is 6. The third-order valence-corrected chi connectivity index (χ3v) is 5.68. The van der Waals surface area contributed by atoms with Crippen LogP contribution in [0, 0.1) is 0 Å². The van der Waals surface area contributed by atoms with E-state index in [-0.39, 0.29) is 21.8 Å². The van der Waals surface area contributed by atoms with E-state index >= 15 is 0 Å². The number of benzene rings is 3. The van der Waals surface area contributed by atoms with Gasteiger partial charge in [0, 0.05) is 10.2 Å². The summed E-state index contributed by atoms with van der Waals surface area (Å²) in [6.45, 7) is 0. The van der Waals surface area contributed by atoms with Gasteiger partial charge < -0.3 is 19.9 Å². The molecule has 0 unspecified atom stereocenters. The Bertz CT molecular complexity index is 1200. The molecule has 1 amide bonds. The number of ether oxygens (including phenoxy) is 2. The number of carboxylic acids is 1. The lowest BCUT2D eigenvalue weighted by atomic mass is 10.1. The first-order valence-electron chi connectivity index (χ1n) is 9.77. The van der Waals surface area contributed by atoms with Gasteiger partial charge in [-0.1, -0.05) is 48.0 Å². The van der Waals surface area contributed by atoms with Crippen molar-refractivity contribution in [2.75, 3.05) is 5.32 Å². The number of esters is 2. The lowest BCUT2D eigenvalue weighted by molar-refractivity contribution is -0.157. The molecule has 10 heteroatoms. The maximum absolute atomic E-state index is 13.0. The normalized spacial score (nSPS) is 12.2. The van der Waals surface area contributed by atoms with Gasteiger partial charge in [-0.2, -0.15) is 0 Å². The Balaban J connectivity index is 1.91. The Morgan fingerprint density at radius 2 is 1.29 bits per heavy atom. The van der Waals surface area contributed by atoms with E-state index in [0.29, 0.717) is 4.47 Å². The maximum atomic E-state index is 13.0. The maximum Gasteiger partial charge on any atom is 0.349 e. The van der Waals surface area contributed by atoms with Gasteiger partial charge >= 0.3 is 17.9 Å². The van der Waals surface area contributed by atoms with Crippen molar-refractivity contribution in [1.82, 2.24) is 0 Å². The Labute approximate surface area is 207 Å². The fourth-order valence-electron chi connectivity index (χ4n) is 2.80. The van der Waals surface area contributed by atoms with Crippen LogP contribution in [0.4, 0.5) is 5.69 Å². The zero-order valence-corrected chi connectivity index (χ0v) is 19.7. The summed E-state index contributed by atoms with van der Waals surface area (Å²) in [7, 11) is 0. The summed E-state index contributed by atoms with van der Waals surface area (Å²) in [6.07, 6.45) is -4.15. The van der Waals surface area contributed by atoms with Crippen molar-refractivity contribution in [3.05, 3.63) is 99.5 Å². The van der Waals surface area contributed by atoms with Crippen LogP contribution in [0.15, 0.2) is 83.3 Å². The molecule has 3 rings (SSSR count). The van der Waals surface area contributed by atoms with Crippen molar-refractivity contribution in [3.63, 3.8) is 0 Å². The molecule has 0 fully saturated rings. The average molecular weight is 547 g/mol. The van der Waals surface area contributed by atoms with Crippen molar-refractivity contribution in [3.8, 4) is 0 Å².